The number of hydrogen-bond donors (Lipinski definition) is 2. The summed E-state index contributed by atoms with van der Waals surface area (Å²) in [6, 6.07) is 4.83. The number of phenolic OH excluding ortho intramolecular Hbond substituents is 1. The van der Waals surface area contributed by atoms with Crippen LogP contribution in [0.1, 0.15) is 38.3 Å². The standard InChI is InChI=1S/C13H18FNO/c1-3-9-6-12(9)15-8(2)11-5-4-10(14)7-13(11)16/h4-5,7-9,12,15-16H,3,6H2,1-2H3. The average molecular weight is 223 g/mol. The van der Waals surface area contributed by atoms with Crippen molar-refractivity contribution < 1.29 is 9.50 Å². The molecule has 88 valence electrons. The van der Waals surface area contributed by atoms with Gasteiger partial charge in [0.1, 0.15) is 11.6 Å². The SMILES string of the molecule is CCC1CC1NC(C)c1ccc(F)cc1O. The fourth-order valence-corrected chi connectivity index (χ4v) is 2.20. The van der Waals surface area contributed by atoms with Gasteiger partial charge in [-0.3, -0.25) is 0 Å². The summed E-state index contributed by atoms with van der Waals surface area (Å²) in [6.07, 6.45) is 2.41. The largest absolute Gasteiger partial charge is 0.508 e. The molecule has 0 amide bonds. The molecule has 2 rings (SSSR count). The van der Waals surface area contributed by atoms with Gasteiger partial charge in [-0.05, 0) is 25.3 Å². The Morgan fingerprint density at radius 1 is 1.56 bits per heavy atom. The second kappa shape index (κ2) is 4.42. The van der Waals surface area contributed by atoms with E-state index in [1.807, 2.05) is 6.92 Å². The maximum Gasteiger partial charge on any atom is 0.126 e. The van der Waals surface area contributed by atoms with Gasteiger partial charge in [0.2, 0.25) is 0 Å². The third kappa shape index (κ3) is 2.35. The number of aromatic hydroxyl groups is 1. The van der Waals surface area contributed by atoms with Crippen LogP contribution in [-0.2, 0) is 0 Å². The molecule has 1 aromatic carbocycles. The average Bonchev–Trinajstić information content (AvgIpc) is 2.96. The van der Waals surface area contributed by atoms with Crippen molar-refractivity contribution in [1.29, 1.82) is 0 Å². The highest BCUT2D eigenvalue weighted by molar-refractivity contribution is 5.35. The lowest BCUT2D eigenvalue weighted by molar-refractivity contribution is 0.443. The molecule has 0 radical (unpaired) electrons. The first kappa shape index (κ1) is 11.4. The molecule has 0 saturated heterocycles. The van der Waals surface area contributed by atoms with Crippen molar-refractivity contribution in [3.63, 3.8) is 0 Å². The first-order valence-electron chi connectivity index (χ1n) is 5.86. The molecule has 1 aliphatic rings. The van der Waals surface area contributed by atoms with Crippen LogP contribution in [0.25, 0.3) is 0 Å². The van der Waals surface area contributed by atoms with Crippen molar-refractivity contribution >= 4 is 0 Å². The second-order valence-electron chi connectivity index (χ2n) is 4.60. The first-order chi connectivity index (χ1) is 7.61. The molecular formula is C13H18FNO. The highest BCUT2D eigenvalue weighted by atomic mass is 19.1. The minimum atomic E-state index is -0.397. The highest BCUT2D eigenvalue weighted by Crippen LogP contribution is 2.36. The van der Waals surface area contributed by atoms with Crippen LogP contribution in [0, 0.1) is 11.7 Å². The Hall–Kier alpha value is -1.09. The summed E-state index contributed by atoms with van der Waals surface area (Å²) in [5.74, 6) is 0.407. The molecule has 0 bridgehead atoms. The van der Waals surface area contributed by atoms with Gasteiger partial charge in [-0.15, -0.1) is 0 Å². The van der Waals surface area contributed by atoms with E-state index in [1.165, 1.54) is 18.9 Å². The van der Waals surface area contributed by atoms with E-state index < -0.39 is 5.82 Å². The summed E-state index contributed by atoms with van der Waals surface area (Å²) in [7, 11) is 0. The molecule has 3 heteroatoms. The summed E-state index contributed by atoms with van der Waals surface area (Å²) < 4.78 is 12.8. The van der Waals surface area contributed by atoms with E-state index in [0.29, 0.717) is 6.04 Å². The van der Waals surface area contributed by atoms with Gasteiger partial charge >= 0.3 is 0 Å². The molecule has 1 aromatic rings. The number of phenols is 1. The van der Waals surface area contributed by atoms with Gasteiger partial charge in [0, 0.05) is 23.7 Å². The molecule has 1 aliphatic carbocycles. The summed E-state index contributed by atoms with van der Waals surface area (Å²) in [6.45, 7) is 4.18. The number of nitrogens with one attached hydrogen (secondary N) is 1. The monoisotopic (exact) mass is 223 g/mol. The number of halogens is 1. The molecule has 0 spiro atoms. The molecule has 0 aliphatic heterocycles. The fourth-order valence-electron chi connectivity index (χ4n) is 2.20. The third-order valence-electron chi connectivity index (χ3n) is 3.37. The molecular weight excluding hydrogens is 205 g/mol. The predicted octanol–water partition coefficient (Wildman–Crippen LogP) is 2.98. The van der Waals surface area contributed by atoms with E-state index in [4.69, 9.17) is 0 Å². The van der Waals surface area contributed by atoms with Crippen LogP contribution in [0.4, 0.5) is 4.39 Å². The molecule has 3 atom stereocenters. The zero-order chi connectivity index (χ0) is 11.7. The van der Waals surface area contributed by atoms with Crippen molar-refractivity contribution in [1.82, 2.24) is 5.32 Å². The predicted molar refractivity (Wildman–Crippen MR) is 61.8 cm³/mol. The number of benzene rings is 1. The van der Waals surface area contributed by atoms with E-state index in [1.54, 1.807) is 6.07 Å². The Kier molecular flexibility index (Phi) is 3.15. The number of rotatable bonds is 4. The molecule has 16 heavy (non-hydrogen) atoms. The zero-order valence-corrected chi connectivity index (χ0v) is 9.70. The van der Waals surface area contributed by atoms with Gasteiger partial charge in [0.15, 0.2) is 0 Å². The fraction of sp³-hybridized carbons (Fsp3) is 0.538. The van der Waals surface area contributed by atoms with Crippen molar-refractivity contribution in [2.45, 2.75) is 38.8 Å². The Balaban J connectivity index is 2.01. The molecule has 3 unspecified atom stereocenters. The quantitative estimate of drug-likeness (QED) is 0.822. The molecule has 1 saturated carbocycles. The Morgan fingerprint density at radius 2 is 2.31 bits per heavy atom. The minimum absolute atomic E-state index is 0.0358. The van der Waals surface area contributed by atoms with Gasteiger partial charge in [0.25, 0.3) is 0 Å². The highest BCUT2D eigenvalue weighted by Gasteiger charge is 2.36. The maximum absolute atomic E-state index is 12.8. The normalized spacial score (nSPS) is 25.4. The van der Waals surface area contributed by atoms with Crippen LogP contribution in [0.3, 0.4) is 0 Å². The lowest BCUT2D eigenvalue weighted by Crippen LogP contribution is -2.22. The first-order valence-corrected chi connectivity index (χ1v) is 5.86. The summed E-state index contributed by atoms with van der Waals surface area (Å²) in [5.41, 5.74) is 0.767. The van der Waals surface area contributed by atoms with Crippen molar-refractivity contribution in [3.05, 3.63) is 29.6 Å². The minimum Gasteiger partial charge on any atom is -0.508 e. The van der Waals surface area contributed by atoms with Crippen molar-refractivity contribution in [2.24, 2.45) is 5.92 Å². The van der Waals surface area contributed by atoms with E-state index in [9.17, 15) is 9.50 Å². The van der Waals surface area contributed by atoms with Crippen molar-refractivity contribution in [2.75, 3.05) is 0 Å². The van der Waals surface area contributed by atoms with E-state index >= 15 is 0 Å². The Bertz CT molecular complexity index is 380. The Morgan fingerprint density at radius 3 is 2.88 bits per heavy atom. The van der Waals surface area contributed by atoms with Gasteiger partial charge < -0.3 is 10.4 Å². The van der Waals surface area contributed by atoms with Crippen LogP contribution < -0.4 is 5.32 Å². The molecule has 0 aromatic heterocycles. The van der Waals surface area contributed by atoms with Gasteiger partial charge in [-0.25, -0.2) is 4.39 Å². The third-order valence-corrected chi connectivity index (χ3v) is 3.37. The summed E-state index contributed by atoms with van der Waals surface area (Å²) in [4.78, 5) is 0. The van der Waals surface area contributed by atoms with Crippen LogP contribution in [0.15, 0.2) is 18.2 Å². The van der Waals surface area contributed by atoms with Crippen LogP contribution in [-0.4, -0.2) is 11.1 Å². The van der Waals surface area contributed by atoms with E-state index in [0.717, 1.165) is 17.5 Å². The molecule has 2 nitrogen and oxygen atoms in total. The lowest BCUT2D eigenvalue weighted by Gasteiger charge is -2.15. The second-order valence-corrected chi connectivity index (χ2v) is 4.60. The summed E-state index contributed by atoms with van der Waals surface area (Å²) >= 11 is 0. The van der Waals surface area contributed by atoms with Gasteiger partial charge in [0.05, 0.1) is 0 Å². The lowest BCUT2D eigenvalue weighted by atomic mass is 10.1. The van der Waals surface area contributed by atoms with Gasteiger partial charge in [-0.2, -0.15) is 0 Å². The topological polar surface area (TPSA) is 32.3 Å². The Labute approximate surface area is 95.5 Å². The molecule has 1 fully saturated rings. The number of hydrogen-bond acceptors (Lipinski definition) is 2. The van der Waals surface area contributed by atoms with Crippen LogP contribution >= 0.6 is 0 Å². The smallest absolute Gasteiger partial charge is 0.126 e. The zero-order valence-electron chi connectivity index (χ0n) is 9.70. The summed E-state index contributed by atoms with van der Waals surface area (Å²) in [5, 5.41) is 13.1. The van der Waals surface area contributed by atoms with E-state index in [2.05, 4.69) is 12.2 Å². The molecule has 0 heterocycles. The molecule has 2 N–H and O–H groups in total. The van der Waals surface area contributed by atoms with Crippen LogP contribution in [0.5, 0.6) is 5.75 Å². The van der Waals surface area contributed by atoms with Crippen molar-refractivity contribution in [3.8, 4) is 5.75 Å². The van der Waals surface area contributed by atoms with Crippen LogP contribution in [0.2, 0.25) is 0 Å². The maximum atomic E-state index is 12.8. The van der Waals surface area contributed by atoms with E-state index in [-0.39, 0.29) is 11.8 Å². The van der Waals surface area contributed by atoms with Gasteiger partial charge in [-0.1, -0.05) is 19.4 Å².